The molecule has 5 nitrogen and oxygen atoms in total. The third-order valence-electron chi connectivity index (χ3n) is 3.78. The van der Waals surface area contributed by atoms with E-state index in [0.29, 0.717) is 26.2 Å². The highest BCUT2D eigenvalue weighted by Gasteiger charge is 2.20. The molecule has 0 unspecified atom stereocenters. The van der Waals surface area contributed by atoms with E-state index in [0.717, 1.165) is 22.9 Å². The van der Waals surface area contributed by atoms with E-state index < -0.39 is 0 Å². The summed E-state index contributed by atoms with van der Waals surface area (Å²) in [4.78, 5) is 26.4. The first-order chi connectivity index (χ1) is 10.3. The maximum absolute atomic E-state index is 12.3. The number of carbonyl (C=O) groups excluding carboxylic acids is 2. The number of hydrogen-bond donors (Lipinski definition) is 1. The van der Waals surface area contributed by atoms with Gasteiger partial charge in [-0.05, 0) is 11.5 Å². The van der Waals surface area contributed by atoms with Gasteiger partial charge in [-0.1, -0.05) is 36.4 Å². The van der Waals surface area contributed by atoms with Gasteiger partial charge in [0.05, 0.1) is 5.69 Å². The first-order valence-corrected chi connectivity index (χ1v) is 7.01. The summed E-state index contributed by atoms with van der Waals surface area (Å²) < 4.78 is 0. The standard InChI is InChI=1S/C16H17N3O2/c20-12-18-8-10-19(11-9-18)16(21)17-15-7-3-5-13-4-1-2-6-14(13)15/h1-7,12H,8-11H2,(H,17,21). The van der Waals surface area contributed by atoms with Crippen molar-refractivity contribution in [2.24, 2.45) is 0 Å². The number of urea groups is 1. The Morgan fingerprint density at radius 3 is 2.48 bits per heavy atom. The minimum Gasteiger partial charge on any atom is -0.342 e. The predicted molar refractivity (Wildman–Crippen MR) is 82.2 cm³/mol. The molecule has 0 spiro atoms. The van der Waals surface area contributed by atoms with Gasteiger partial charge in [-0.15, -0.1) is 0 Å². The Balaban J connectivity index is 1.73. The summed E-state index contributed by atoms with van der Waals surface area (Å²) in [5.74, 6) is 0. The Morgan fingerprint density at radius 2 is 1.71 bits per heavy atom. The number of fused-ring (bicyclic) bond motifs is 1. The summed E-state index contributed by atoms with van der Waals surface area (Å²) in [6.45, 7) is 2.31. The Hall–Kier alpha value is -2.56. The summed E-state index contributed by atoms with van der Waals surface area (Å²) in [7, 11) is 0. The molecule has 0 radical (unpaired) electrons. The van der Waals surface area contributed by atoms with Gasteiger partial charge in [-0.25, -0.2) is 4.79 Å². The van der Waals surface area contributed by atoms with Crippen LogP contribution in [0.25, 0.3) is 10.8 Å². The van der Waals surface area contributed by atoms with Crippen molar-refractivity contribution in [3.8, 4) is 0 Å². The topological polar surface area (TPSA) is 52.7 Å². The summed E-state index contributed by atoms with van der Waals surface area (Å²) in [5.41, 5.74) is 0.816. The zero-order chi connectivity index (χ0) is 14.7. The van der Waals surface area contributed by atoms with Crippen LogP contribution in [-0.2, 0) is 4.79 Å². The molecule has 1 aliphatic heterocycles. The maximum atomic E-state index is 12.3. The quantitative estimate of drug-likeness (QED) is 0.859. The van der Waals surface area contributed by atoms with Gasteiger partial charge in [-0.2, -0.15) is 0 Å². The SMILES string of the molecule is O=CN1CCN(C(=O)Nc2cccc3ccccc23)CC1. The van der Waals surface area contributed by atoms with E-state index >= 15 is 0 Å². The number of piperazine rings is 1. The van der Waals surface area contributed by atoms with Crippen LogP contribution in [0, 0.1) is 0 Å². The number of rotatable bonds is 2. The van der Waals surface area contributed by atoms with Crippen molar-refractivity contribution in [3.05, 3.63) is 42.5 Å². The van der Waals surface area contributed by atoms with Gasteiger partial charge in [0.25, 0.3) is 0 Å². The molecule has 3 rings (SSSR count). The monoisotopic (exact) mass is 283 g/mol. The normalized spacial score (nSPS) is 15.0. The van der Waals surface area contributed by atoms with E-state index in [4.69, 9.17) is 0 Å². The molecule has 108 valence electrons. The van der Waals surface area contributed by atoms with Crippen LogP contribution in [0.2, 0.25) is 0 Å². The second-order valence-electron chi connectivity index (χ2n) is 5.09. The molecule has 0 bridgehead atoms. The number of nitrogens with one attached hydrogen (secondary N) is 1. The number of carbonyl (C=O) groups is 2. The van der Waals surface area contributed by atoms with Gasteiger partial charge in [0.15, 0.2) is 0 Å². The minimum absolute atomic E-state index is 0.114. The molecule has 1 N–H and O–H groups in total. The molecule has 1 heterocycles. The van der Waals surface area contributed by atoms with Crippen molar-refractivity contribution in [3.63, 3.8) is 0 Å². The highest BCUT2D eigenvalue weighted by Crippen LogP contribution is 2.23. The van der Waals surface area contributed by atoms with Crippen LogP contribution in [0.1, 0.15) is 0 Å². The number of nitrogens with zero attached hydrogens (tertiary/aromatic N) is 2. The van der Waals surface area contributed by atoms with Crippen LogP contribution < -0.4 is 5.32 Å². The molecule has 2 aromatic carbocycles. The number of anilines is 1. The van der Waals surface area contributed by atoms with Crippen LogP contribution in [0.4, 0.5) is 10.5 Å². The van der Waals surface area contributed by atoms with Gasteiger partial charge in [0.2, 0.25) is 6.41 Å². The summed E-state index contributed by atoms with van der Waals surface area (Å²) in [6.07, 6.45) is 0.833. The van der Waals surface area contributed by atoms with Gasteiger partial charge in [0.1, 0.15) is 0 Å². The van der Waals surface area contributed by atoms with Crippen molar-refractivity contribution in [1.82, 2.24) is 9.80 Å². The molecule has 0 saturated carbocycles. The van der Waals surface area contributed by atoms with Crippen molar-refractivity contribution in [1.29, 1.82) is 0 Å². The van der Waals surface area contributed by atoms with Crippen LogP contribution in [0.3, 0.4) is 0 Å². The smallest absolute Gasteiger partial charge is 0.321 e. The molecule has 0 atom stereocenters. The lowest BCUT2D eigenvalue weighted by Crippen LogP contribution is -2.49. The van der Waals surface area contributed by atoms with Crippen LogP contribution in [0.5, 0.6) is 0 Å². The third kappa shape index (κ3) is 2.81. The van der Waals surface area contributed by atoms with E-state index in [9.17, 15) is 9.59 Å². The highest BCUT2D eigenvalue weighted by molar-refractivity contribution is 6.01. The van der Waals surface area contributed by atoms with Gasteiger partial charge in [0, 0.05) is 31.6 Å². The average Bonchev–Trinajstić information content (AvgIpc) is 2.55. The third-order valence-corrected chi connectivity index (χ3v) is 3.78. The summed E-state index contributed by atoms with van der Waals surface area (Å²) in [5, 5.41) is 5.09. The number of benzene rings is 2. The zero-order valence-corrected chi connectivity index (χ0v) is 11.7. The second-order valence-corrected chi connectivity index (χ2v) is 5.09. The largest absolute Gasteiger partial charge is 0.342 e. The van der Waals surface area contributed by atoms with E-state index in [1.54, 1.807) is 9.80 Å². The molecule has 0 aromatic heterocycles. The van der Waals surface area contributed by atoms with Crippen molar-refractivity contribution in [2.45, 2.75) is 0 Å². The molecule has 1 aliphatic rings. The lowest BCUT2D eigenvalue weighted by molar-refractivity contribution is -0.119. The molecular formula is C16H17N3O2. The fraction of sp³-hybridized carbons (Fsp3) is 0.250. The van der Waals surface area contributed by atoms with Crippen molar-refractivity contribution in [2.75, 3.05) is 31.5 Å². The zero-order valence-electron chi connectivity index (χ0n) is 11.7. The molecule has 0 aliphatic carbocycles. The lowest BCUT2D eigenvalue weighted by atomic mass is 10.1. The highest BCUT2D eigenvalue weighted by atomic mass is 16.2. The molecule has 5 heteroatoms. The molecule has 21 heavy (non-hydrogen) atoms. The Bertz CT molecular complexity index is 658. The first kappa shape index (κ1) is 13.4. The predicted octanol–water partition coefficient (Wildman–Crippen LogP) is 2.15. The van der Waals surface area contributed by atoms with Crippen LogP contribution in [0.15, 0.2) is 42.5 Å². The van der Waals surface area contributed by atoms with Crippen LogP contribution >= 0.6 is 0 Å². The second kappa shape index (κ2) is 5.83. The van der Waals surface area contributed by atoms with Crippen molar-refractivity contribution >= 4 is 28.9 Å². The van der Waals surface area contributed by atoms with Gasteiger partial charge < -0.3 is 15.1 Å². The first-order valence-electron chi connectivity index (χ1n) is 7.01. The molecule has 3 amide bonds. The van der Waals surface area contributed by atoms with Gasteiger partial charge in [-0.3, -0.25) is 4.79 Å². The molecule has 1 fully saturated rings. The van der Waals surface area contributed by atoms with E-state index in [1.165, 1.54) is 0 Å². The Labute approximate surface area is 123 Å². The summed E-state index contributed by atoms with van der Waals surface area (Å²) >= 11 is 0. The molecular weight excluding hydrogens is 266 g/mol. The Kier molecular flexibility index (Phi) is 3.73. The van der Waals surface area contributed by atoms with Crippen LogP contribution in [-0.4, -0.2) is 48.4 Å². The number of amides is 3. The van der Waals surface area contributed by atoms with Gasteiger partial charge >= 0.3 is 6.03 Å². The molecule has 1 saturated heterocycles. The minimum atomic E-state index is -0.114. The fourth-order valence-electron chi connectivity index (χ4n) is 2.56. The maximum Gasteiger partial charge on any atom is 0.321 e. The average molecular weight is 283 g/mol. The Morgan fingerprint density at radius 1 is 1.00 bits per heavy atom. The number of hydrogen-bond acceptors (Lipinski definition) is 2. The molecule has 2 aromatic rings. The van der Waals surface area contributed by atoms with E-state index in [-0.39, 0.29) is 6.03 Å². The lowest BCUT2D eigenvalue weighted by Gasteiger charge is -2.32. The van der Waals surface area contributed by atoms with E-state index in [1.807, 2.05) is 42.5 Å². The summed E-state index contributed by atoms with van der Waals surface area (Å²) in [6, 6.07) is 13.7. The fourth-order valence-corrected chi connectivity index (χ4v) is 2.56. The van der Waals surface area contributed by atoms with E-state index in [2.05, 4.69) is 5.32 Å². The van der Waals surface area contributed by atoms with Crippen molar-refractivity contribution < 1.29 is 9.59 Å².